The average molecular weight is 210 g/mol. The minimum Gasteiger partial charge on any atom is -0.395 e. The van der Waals surface area contributed by atoms with Gasteiger partial charge in [0.05, 0.1) is 6.61 Å². The third kappa shape index (κ3) is 3.06. The predicted molar refractivity (Wildman–Crippen MR) is 61.5 cm³/mol. The Kier molecular flexibility index (Phi) is 3.85. The summed E-state index contributed by atoms with van der Waals surface area (Å²) in [5.74, 6) is 1.52. The molecule has 1 N–H and O–H groups in total. The number of aryl methyl sites for hydroxylation is 1. The molecular formula is C10H18N4O. The van der Waals surface area contributed by atoms with Crippen LogP contribution in [0.3, 0.4) is 0 Å². The zero-order valence-corrected chi connectivity index (χ0v) is 9.73. The second-order valence-corrected chi connectivity index (χ2v) is 3.71. The summed E-state index contributed by atoms with van der Waals surface area (Å²) in [7, 11) is 5.75. The Bertz CT molecular complexity index is 327. The number of likely N-dealkylation sites (N-methyl/N-ethyl adjacent to an activating group) is 1. The first kappa shape index (κ1) is 11.7. The molecule has 0 radical (unpaired) electrons. The Hall–Kier alpha value is -1.36. The number of aliphatic hydroxyl groups is 1. The maximum Gasteiger partial charge on any atom is 0.227 e. The van der Waals surface area contributed by atoms with Gasteiger partial charge in [-0.3, -0.25) is 0 Å². The summed E-state index contributed by atoms with van der Waals surface area (Å²) in [6.45, 7) is 2.58. The lowest BCUT2D eigenvalue weighted by molar-refractivity contribution is 0.303. The van der Waals surface area contributed by atoms with E-state index in [9.17, 15) is 0 Å². The minimum absolute atomic E-state index is 0.102. The molecule has 5 nitrogen and oxygen atoms in total. The zero-order chi connectivity index (χ0) is 11.4. The Morgan fingerprint density at radius 2 is 1.93 bits per heavy atom. The fourth-order valence-corrected chi connectivity index (χ4v) is 1.19. The van der Waals surface area contributed by atoms with Crippen LogP contribution in [0.15, 0.2) is 6.07 Å². The van der Waals surface area contributed by atoms with E-state index in [0.717, 1.165) is 11.5 Å². The van der Waals surface area contributed by atoms with Gasteiger partial charge in [-0.15, -0.1) is 0 Å². The van der Waals surface area contributed by atoms with Gasteiger partial charge in [-0.05, 0) is 6.92 Å². The lowest BCUT2D eigenvalue weighted by atomic mass is 10.4. The van der Waals surface area contributed by atoms with E-state index in [-0.39, 0.29) is 6.61 Å². The van der Waals surface area contributed by atoms with Gasteiger partial charge in [0, 0.05) is 39.4 Å². The fraction of sp³-hybridized carbons (Fsp3) is 0.600. The van der Waals surface area contributed by atoms with Crippen LogP contribution < -0.4 is 9.80 Å². The van der Waals surface area contributed by atoms with Crippen LogP contribution in [-0.2, 0) is 0 Å². The maximum atomic E-state index is 8.84. The monoisotopic (exact) mass is 210 g/mol. The van der Waals surface area contributed by atoms with Gasteiger partial charge in [0.2, 0.25) is 5.95 Å². The summed E-state index contributed by atoms with van der Waals surface area (Å²) >= 11 is 0. The number of aromatic nitrogens is 2. The quantitative estimate of drug-likeness (QED) is 0.773. The highest BCUT2D eigenvalue weighted by Gasteiger charge is 2.07. The highest BCUT2D eigenvalue weighted by Crippen LogP contribution is 2.14. The van der Waals surface area contributed by atoms with Crippen molar-refractivity contribution in [2.45, 2.75) is 6.92 Å². The second-order valence-electron chi connectivity index (χ2n) is 3.71. The van der Waals surface area contributed by atoms with Crippen molar-refractivity contribution in [3.05, 3.63) is 11.8 Å². The molecule has 1 aromatic rings. The van der Waals surface area contributed by atoms with Crippen molar-refractivity contribution in [1.82, 2.24) is 9.97 Å². The minimum atomic E-state index is 0.102. The van der Waals surface area contributed by atoms with Crippen LogP contribution in [-0.4, -0.2) is 49.4 Å². The molecule has 15 heavy (non-hydrogen) atoms. The van der Waals surface area contributed by atoms with E-state index in [1.54, 1.807) is 0 Å². The molecule has 0 aliphatic rings. The zero-order valence-electron chi connectivity index (χ0n) is 9.73. The molecule has 0 saturated heterocycles. The molecular weight excluding hydrogens is 192 g/mol. The molecule has 0 amide bonds. The molecule has 5 heteroatoms. The van der Waals surface area contributed by atoms with Crippen LogP contribution in [0.5, 0.6) is 0 Å². The summed E-state index contributed by atoms with van der Waals surface area (Å²) in [5, 5.41) is 8.84. The van der Waals surface area contributed by atoms with Gasteiger partial charge in [0.15, 0.2) is 0 Å². The summed E-state index contributed by atoms with van der Waals surface area (Å²) in [5.41, 5.74) is 0.925. The summed E-state index contributed by atoms with van der Waals surface area (Å²) in [6.07, 6.45) is 0. The molecule has 0 aliphatic carbocycles. The number of hydrogen-bond acceptors (Lipinski definition) is 5. The molecule has 0 aromatic carbocycles. The van der Waals surface area contributed by atoms with Gasteiger partial charge < -0.3 is 14.9 Å². The van der Waals surface area contributed by atoms with E-state index in [1.807, 2.05) is 43.9 Å². The van der Waals surface area contributed by atoms with E-state index in [1.165, 1.54) is 0 Å². The van der Waals surface area contributed by atoms with Gasteiger partial charge in [-0.25, -0.2) is 4.98 Å². The van der Waals surface area contributed by atoms with Crippen LogP contribution in [0.4, 0.5) is 11.8 Å². The van der Waals surface area contributed by atoms with Gasteiger partial charge >= 0.3 is 0 Å². The lowest BCUT2D eigenvalue weighted by Gasteiger charge is -2.19. The topological polar surface area (TPSA) is 52.5 Å². The molecule has 0 saturated carbocycles. The van der Waals surface area contributed by atoms with Crippen molar-refractivity contribution in [1.29, 1.82) is 0 Å². The second kappa shape index (κ2) is 4.93. The summed E-state index contributed by atoms with van der Waals surface area (Å²) < 4.78 is 0. The molecule has 0 spiro atoms. The normalized spacial score (nSPS) is 10.2. The van der Waals surface area contributed by atoms with Crippen LogP contribution in [0.1, 0.15) is 5.69 Å². The average Bonchev–Trinajstić information content (AvgIpc) is 2.17. The predicted octanol–water partition coefficient (Wildman–Crippen LogP) is 0.280. The first-order valence-electron chi connectivity index (χ1n) is 4.89. The molecule has 84 valence electrons. The molecule has 1 heterocycles. The Labute approximate surface area is 90.4 Å². The fourth-order valence-electron chi connectivity index (χ4n) is 1.19. The molecule has 1 aromatic heterocycles. The highest BCUT2D eigenvalue weighted by molar-refractivity contribution is 5.44. The summed E-state index contributed by atoms with van der Waals surface area (Å²) in [6, 6.07) is 1.93. The Morgan fingerprint density at radius 3 is 2.47 bits per heavy atom. The van der Waals surface area contributed by atoms with Crippen molar-refractivity contribution in [2.75, 3.05) is 44.1 Å². The third-order valence-electron chi connectivity index (χ3n) is 2.06. The van der Waals surface area contributed by atoms with Crippen LogP contribution >= 0.6 is 0 Å². The number of rotatable bonds is 4. The van der Waals surface area contributed by atoms with Crippen molar-refractivity contribution < 1.29 is 5.11 Å². The van der Waals surface area contributed by atoms with E-state index < -0.39 is 0 Å². The van der Waals surface area contributed by atoms with Crippen LogP contribution in [0, 0.1) is 6.92 Å². The summed E-state index contributed by atoms with van der Waals surface area (Å²) in [4.78, 5) is 12.5. The molecule has 0 atom stereocenters. The largest absolute Gasteiger partial charge is 0.395 e. The Morgan fingerprint density at radius 1 is 1.27 bits per heavy atom. The molecule has 0 bridgehead atoms. The molecule has 0 unspecified atom stereocenters. The van der Waals surface area contributed by atoms with Crippen molar-refractivity contribution in [3.63, 3.8) is 0 Å². The van der Waals surface area contributed by atoms with Gasteiger partial charge in [0.1, 0.15) is 5.82 Å². The Balaban J connectivity index is 2.98. The van der Waals surface area contributed by atoms with Crippen LogP contribution in [0.2, 0.25) is 0 Å². The van der Waals surface area contributed by atoms with Crippen molar-refractivity contribution in [3.8, 4) is 0 Å². The third-order valence-corrected chi connectivity index (χ3v) is 2.06. The lowest BCUT2D eigenvalue weighted by Crippen LogP contribution is -2.24. The smallest absolute Gasteiger partial charge is 0.227 e. The van der Waals surface area contributed by atoms with E-state index in [2.05, 4.69) is 9.97 Å². The van der Waals surface area contributed by atoms with Gasteiger partial charge in [-0.2, -0.15) is 4.98 Å². The first-order chi connectivity index (χ1) is 7.04. The maximum absolute atomic E-state index is 8.84. The molecule has 0 fully saturated rings. The number of hydrogen-bond donors (Lipinski definition) is 1. The number of anilines is 2. The van der Waals surface area contributed by atoms with E-state index in [4.69, 9.17) is 5.11 Å². The van der Waals surface area contributed by atoms with Crippen molar-refractivity contribution in [2.24, 2.45) is 0 Å². The number of aliphatic hydroxyl groups excluding tert-OH is 1. The number of nitrogens with zero attached hydrogens (tertiary/aromatic N) is 4. The van der Waals surface area contributed by atoms with E-state index in [0.29, 0.717) is 12.5 Å². The van der Waals surface area contributed by atoms with Crippen LogP contribution in [0.25, 0.3) is 0 Å². The van der Waals surface area contributed by atoms with Crippen molar-refractivity contribution >= 4 is 11.8 Å². The molecule has 1 rings (SSSR count). The van der Waals surface area contributed by atoms with E-state index >= 15 is 0 Å². The van der Waals surface area contributed by atoms with Gasteiger partial charge in [0.25, 0.3) is 0 Å². The molecule has 0 aliphatic heterocycles. The highest BCUT2D eigenvalue weighted by atomic mass is 16.3. The standard InChI is InChI=1S/C10H18N4O/c1-8-7-9(13(2)3)12-10(11-8)14(4)5-6-15/h7,15H,5-6H2,1-4H3. The van der Waals surface area contributed by atoms with Gasteiger partial charge in [-0.1, -0.05) is 0 Å². The SMILES string of the molecule is Cc1cc(N(C)C)nc(N(C)CCO)n1. The first-order valence-corrected chi connectivity index (χ1v) is 4.89.